The zero-order valence-electron chi connectivity index (χ0n) is 7.42. The quantitative estimate of drug-likeness (QED) is 0.511. The summed E-state index contributed by atoms with van der Waals surface area (Å²) < 4.78 is 5.31. The molecule has 0 aliphatic carbocycles. The molecule has 0 aromatic carbocycles. The summed E-state index contributed by atoms with van der Waals surface area (Å²) in [7, 11) is 3.82. The molecular formula is C9H15NO. The summed E-state index contributed by atoms with van der Waals surface area (Å²) >= 11 is 0. The van der Waals surface area contributed by atoms with E-state index in [0.29, 0.717) is 5.92 Å². The predicted octanol–water partition coefficient (Wildman–Crippen LogP) is 0.586. The molecule has 2 atom stereocenters. The van der Waals surface area contributed by atoms with E-state index in [1.807, 2.05) is 0 Å². The average Bonchev–Trinajstić information content (AvgIpc) is 2.13. The summed E-state index contributed by atoms with van der Waals surface area (Å²) in [6.07, 6.45) is 0.273. The van der Waals surface area contributed by atoms with Gasteiger partial charge in [-0.05, 0) is 14.0 Å². The Morgan fingerprint density at radius 3 is 2.91 bits per heavy atom. The number of methoxy groups -OCH3 is 1. The number of likely N-dealkylation sites (N-methyl/N-ethyl adjacent to an activating group) is 1. The van der Waals surface area contributed by atoms with Crippen molar-refractivity contribution < 1.29 is 4.74 Å². The molecule has 2 unspecified atom stereocenters. The molecule has 0 amide bonds. The van der Waals surface area contributed by atoms with Crippen LogP contribution < -0.4 is 0 Å². The van der Waals surface area contributed by atoms with Crippen molar-refractivity contribution in [3.63, 3.8) is 0 Å². The molecule has 62 valence electrons. The second kappa shape index (κ2) is 3.75. The third-order valence-electron chi connectivity index (χ3n) is 2.03. The second-order valence-electron chi connectivity index (χ2n) is 3.08. The van der Waals surface area contributed by atoms with E-state index in [1.54, 1.807) is 7.11 Å². The normalized spacial score (nSPS) is 32.3. The standard InChI is InChI=1S/C9H15NO/c1-8-5-4-6-10(2)7-9(8)11-3/h8-9H,6-7H2,1-3H3. The molecule has 0 bridgehead atoms. The van der Waals surface area contributed by atoms with Crippen LogP contribution in [-0.4, -0.2) is 38.3 Å². The molecule has 0 aromatic heterocycles. The van der Waals surface area contributed by atoms with Crippen LogP contribution in [-0.2, 0) is 4.74 Å². The third-order valence-corrected chi connectivity index (χ3v) is 2.03. The fraction of sp³-hybridized carbons (Fsp3) is 0.778. The molecule has 2 nitrogen and oxygen atoms in total. The maximum Gasteiger partial charge on any atom is 0.0832 e. The Kier molecular flexibility index (Phi) is 2.92. The molecule has 0 radical (unpaired) electrons. The maximum absolute atomic E-state index is 5.31. The third kappa shape index (κ3) is 2.21. The van der Waals surface area contributed by atoms with Gasteiger partial charge in [0.1, 0.15) is 0 Å². The molecule has 1 heterocycles. The van der Waals surface area contributed by atoms with Gasteiger partial charge in [0.2, 0.25) is 0 Å². The van der Waals surface area contributed by atoms with Crippen LogP contribution in [0.1, 0.15) is 6.92 Å². The van der Waals surface area contributed by atoms with E-state index >= 15 is 0 Å². The van der Waals surface area contributed by atoms with Gasteiger partial charge in [-0.1, -0.05) is 11.8 Å². The Morgan fingerprint density at radius 1 is 1.55 bits per heavy atom. The number of nitrogens with zero attached hydrogens (tertiary/aromatic N) is 1. The summed E-state index contributed by atoms with van der Waals surface area (Å²) in [5.41, 5.74) is 0. The van der Waals surface area contributed by atoms with Crippen molar-refractivity contribution in [1.82, 2.24) is 4.90 Å². The van der Waals surface area contributed by atoms with Gasteiger partial charge in [0, 0.05) is 19.6 Å². The lowest BCUT2D eigenvalue weighted by molar-refractivity contribution is 0.0548. The van der Waals surface area contributed by atoms with Crippen LogP contribution >= 0.6 is 0 Å². The largest absolute Gasteiger partial charge is 0.379 e. The van der Waals surface area contributed by atoms with Crippen molar-refractivity contribution >= 4 is 0 Å². The van der Waals surface area contributed by atoms with Crippen molar-refractivity contribution in [2.75, 3.05) is 27.2 Å². The lowest BCUT2D eigenvalue weighted by atomic mass is 10.1. The Morgan fingerprint density at radius 2 is 2.27 bits per heavy atom. The number of rotatable bonds is 1. The first kappa shape index (κ1) is 8.58. The highest BCUT2D eigenvalue weighted by Crippen LogP contribution is 2.08. The van der Waals surface area contributed by atoms with E-state index in [0.717, 1.165) is 13.1 Å². The highest BCUT2D eigenvalue weighted by molar-refractivity contribution is 5.09. The number of hydrogen-bond donors (Lipinski definition) is 0. The Labute approximate surface area is 68.5 Å². The molecule has 11 heavy (non-hydrogen) atoms. The molecule has 0 fully saturated rings. The van der Waals surface area contributed by atoms with Gasteiger partial charge in [-0.2, -0.15) is 0 Å². The fourth-order valence-corrected chi connectivity index (χ4v) is 1.24. The van der Waals surface area contributed by atoms with Crippen molar-refractivity contribution in [2.45, 2.75) is 13.0 Å². The molecule has 0 N–H and O–H groups in total. The minimum atomic E-state index is 0.273. The molecule has 0 saturated heterocycles. The molecular weight excluding hydrogens is 138 g/mol. The van der Waals surface area contributed by atoms with Crippen LogP contribution in [0.15, 0.2) is 0 Å². The Bertz CT molecular complexity index is 180. The molecule has 0 spiro atoms. The number of hydrogen-bond acceptors (Lipinski definition) is 2. The first-order valence-electron chi connectivity index (χ1n) is 3.93. The van der Waals surface area contributed by atoms with E-state index < -0.39 is 0 Å². The fourth-order valence-electron chi connectivity index (χ4n) is 1.24. The van der Waals surface area contributed by atoms with Crippen molar-refractivity contribution in [3.05, 3.63) is 0 Å². The Hall–Kier alpha value is -0.520. The summed E-state index contributed by atoms with van der Waals surface area (Å²) in [5, 5.41) is 0. The molecule has 1 rings (SSSR count). The molecule has 1 aliphatic rings. The second-order valence-corrected chi connectivity index (χ2v) is 3.08. The Balaban J connectivity index is 2.59. The maximum atomic E-state index is 5.31. The average molecular weight is 153 g/mol. The van der Waals surface area contributed by atoms with Crippen molar-refractivity contribution in [3.8, 4) is 11.8 Å². The summed E-state index contributed by atoms with van der Waals surface area (Å²) in [6, 6.07) is 0. The zero-order chi connectivity index (χ0) is 8.27. The van der Waals surface area contributed by atoms with E-state index in [-0.39, 0.29) is 6.10 Å². The van der Waals surface area contributed by atoms with Gasteiger partial charge in [-0.15, -0.1) is 0 Å². The van der Waals surface area contributed by atoms with E-state index in [1.165, 1.54) is 0 Å². The minimum absolute atomic E-state index is 0.273. The van der Waals surface area contributed by atoms with Crippen LogP contribution in [0.3, 0.4) is 0 Å². The van der Waals surface area contributed by atoms with Gasteiger partial charge in [-0.25, -0.2) is 0 Å². The monoisotopic (exact) mass is 153 g/mol. The molecule has 1 aliphatic heterocycles. The van der Waals surface area contributed by atoms with Gasteiger partial charge < -0.3 is 4.74 Å². The zero-order valence-corrected chi connectivity index (χ0v) is 7.42. The van der Waals surface area contributed by atoms with Crippen LogP contribution in [0.5, 0.6) is 0 Å². The van der Waals surface area contributed by atoms with Crippen molar-refractivity contribution in [2.24, 2.45) is 5.92 Å². The van der Waals surface area contributed by atoms with Crippen LogP contribution in [0.2, 0.25) is 0 Å². The topological polar surface area (TPSA) is 12.5 Å². The van der Waals surface area contributed by atoms with E-state index in [9.17, 15) is 0 Å². The van der Waals surface area contributed by atoms with Crippen LogP contribution in [0.4, 0.5) is 0 Å². The van der Waals surface area contributed by atoms with Gasteiger partial charge in [0.15, 0.2) is 0 Å². The van der Waals surface area contributed by atoms with Gasteiger partial charge >= 0.3 is 0 Å². The molecule has 0 saturated carbocycles. The molecule has 2 heteroatoms. The number of ether oxygens (including phenoxy) is 1. The highest BCUT2D eigenvalue weighted by Gasteiger charge is 2.18. The van der Waals surface area contributed by atoms with Crippen LogP contribution in [0, 0.1) is 17.8 Å². The van der Waals surface area contributed by atoms with Crippen molar-refractivity contribution in [1.29, 1.82) is 0 Å². The SMILES string of the molecule is COC1CN(C)CC#CC1C. The lowest BCUT2D eigenvalue weighted by Crippen LogP contribution is -2.32. The van der Waals surface area contributed by atoms with E-state index in [2.05, 4.69) is 30.7 Å². The van der Waals surface area contributed by atoms with Gasteiger partial charge in [0.25, 0.3) is 0 Å². The summed E-state index contributed by atoms with van der Waals surface area (Å²) in [4.78, 5) is 2.19. The van der Waals surface area contributed by atoms with Gasteiger partial charge in [-0.3, -0.25) is 4.90 Å². The summed E-state index contributed by atoms with van der Waals surface area (Å²) in [6.45, 7) is 3.95. The van der Waals surface area contributed by atoms with Crippen LogP contribution in [0.25, 0.3) is 0 Å². The smallest absolute Gasteiger partial charge is 0.0832 e. The van der Waals surface area contributed by atoms with E-state index in [4.69, 9.17) is 4.74 Å². The predicted molar refractivity (Wildman–Crippen MR) is 45.2 cm³/mol. The minimum Gasteiger partial charge on any atom is -0.379 e. The first-order valence-corrected chi connectivity index (χ1v) is 3.93. The van der Waals surface area contributed by atoms with Gasteiger partial charge in [0.05, 0.1) is 12.6 Å². The highest BCUT2D eigenvalue weighted by atomic mass is 16.5. The lowest BCUT2D eigenvalue weighted by Gasteiger charge is -2.21. The summed E-state index contributed by atoms with van der Waals surface area (Å²) in [5.74, 6) is 6.63. The molecule has 0 aromatic rings. The first-order chi connectivity index (χ1) is 5.24.